The number of hydrogen-bond acceptors (Lipinski definition) is 5. The molecule has 1 rings (SSSR count). The third-order valence-corrected chi connectivity index (χ3v) is 3.99. The van der Waals surface area contributed by atoms with E-state index in [4.69, 9.17) is 22.1 Å². The molecule has 2 atom stereocenters. The molecule has 11 heteroatoms. The van der Waals surface area contributed by atoms with Gasteiger partial charge in [-0.05, 0) is 17.9 Å². The minimum Gasteiger partial charge on any atom is -0.445 e. The Kier molecular flexibility index (Phi) is 10.6. The van der Waals surface area contributed by atoms with Gasteiger partial charge < -0.3 is 15.8 Å². The highest BCUT2D eigenvalue weighted by Crippen LogP contribution is 2.08. The summed E-state index contributed by atoms with van der Waals surface area (Å²) in [7, 11) is 0. The molecule has 0 aliphatic carbocycles. The number of nitrogens with zero attached hydrogens (tertiary/aromatic N) is 1. The molecule has 0 aliphatic rings. The van der Waals surface area contributed by atoms with Crippen molar-refractivity contribution in [3.05, 3.63) is 35.9 Å². The Balaban J connectivity index is 2.78. The number of primary amides is 1. The number of nitrogens with one attached hydrogen (secondary N) is 2. The van der Waals surface area contributed by atoms with Crippen molar-refractivity contribution in [3.8, 4) is 0 Å². The van der Waals surface area contributed by atoms with Crippen molar-refractivity contribution in [2.75, 3.05) is 6.54 Å². The average molecular weight is 445 g/mol. The molecule has 1 aromatic carbocycles. The molecule has 9 nitrogen and oxygen atoms in total. The van der Waals surface area contributed by atoms with Crippen LogP contribution < -0.4 is 16.5 Å². The molecule has 0 saturated carbocycles. The van der Waals surface area contributed by atoms with Gasteiger partial charge in [-0.25, -0.2) is 14.2 Å². The molecule has 0 aliphatic heterocycles. The van der Waals surface area contributed by atoms with E-state index in [1.54, 1.807) is 24.3 Å². The zero-order chi connectivity index (χ0) is 22.7. The number of hydrazine groups is 1. The molecule has 0 spiro atoms. The Hall–Kier alpha value is -2.88. The van der Waals surface area contributed by atoms with Crippen LogP contribution in [0.3, 0.4) is 0 Å². The van der Waals surface area contributed by atoms with Gasteiger partial charge in [-0.2, -0.15) is 0 Å². The predicted molar refractivity (Wildman–Crippen MR) is 107 cm³/mol. The van der Waals surface area contributed by atoms with E-state index in [1.807, 2.05) is 19.9 Å². The topological polar surface area (TPSA) is 131 Å². The number of ether oxygens (including phenoxy) is 1. The molecule has 30 heavy (non-hydrogen) atoms. The van der Waals surface area contributed by atoms with Gasteiger partial charge in [0.25, 0.3) is 17.4 Å². The van der Waals surface area contributed by atoms with Crippen LogP contribution >= 0.6 is 11.6 Å². The average Bonchev–Trinajstić information content (AvgIpc) is 2.68. The molecule has 0 bridgehead atoms. The van der Waals surface area contributed by atoms with Crippen LogP contribution in [-0.2, 0) is 25.7 Å². The lowest BCUT2D eigenvalue weighted by Gasteiger charge is -2.26. The number of benzene rings is 1. The summed E-state index contributed by atoms with van der Waals surface area (Å²) < 4.78 is 18.3. The van der Waals surface area contributed by atoms with Gasteiger partial charge in [-0.15, -0.1) is 0 Å². The van der Waals surface area contributed by atoms with Crippen molar-refractivity contribution in [2.45, 2.75) is 45.0 Å². The Morgan fingerprint density at radius 1 is 1.20 bits per heavy atom. The predicted octanol–water partition coefficient (Wildman–Crippen LogP) is 1.60. The lowest BCUT2D eigenvalue weighted by atomic mass is 10.0. The van der Waals surface area contributed by atoms with Crippen molar-refractivity contribution in [1.29, 1.82) is 0 Å². The summed E-state index contributed by atoms with van der Waals surface area (Å²) in [6, 6.07) is 7.86. The van der Waals surface area contributed by atoms with Gasteiger partial charge in [0, 0.05) is 6.42 Å². The van der Waals surface area contributed by atoms with Crippen LogP contribution in [0.25, 0.3) is 0 Å². The number of halogens is 2. The Morgan fingerprint density at radius 3 is 2.37 bits per heavy atom. The van der Waals surface area contributed by atoms with E-state index in [-0.39, 0.29) is 31.9 Å². The van der Waals surface area contributed by atoms with E-state index in [1.165, 1.54) is 0 Å². The first kappa shape index (κ1) is 25.2. The third kappa shape index (κ3) is 9.55. The first-order valence-corrected chi connectivity index (χ1v) is 9.69. The van der Waals surface area contributed by atoms with Crippen LogP contribution in [0, 0.1) is 5.92 Å². The lowest BCUT2D eigenvalue weighted by Crippen LogP contribution is -2.56. The van der Waals surface area contributed by atoms with Crippen LogP contribution in [0.15, 0.2) is 30.3 Å². The zero-order valence-electron chi connectivity index (χ0n) is 16.8. The molecule has 4 amide bonds. The van der Waals surface area contributed by atoms with Crippen molar-refractivity contribution in [3.63, 3.8) is 0 Å². The summed E-state index contributed by atoms with van der Waals surface area (Å²) in [5, 5.41) is 2.99. The molecule has 1 unspecified atom stereocenters. The number of hydrogen-bond donors (Lipinski definition) is 3. The van der Waals surface area contributed by atoms with Crippen LogP contribution in [0.4, 0.5) is 9.18 Å². The smallest absolute Gasteiger partial charge is 0.408 e. The van der Waals surface area contributed by atoms with Crippen LogP contribution in [-0.4, -0.2) is 47.0 Å². The number of carbonyl (C=O) groups is 4. The quantitative estimate of drug-likeness (QED) is 0.372. The van der Waals surface area contributed by atoms with Crippen molar-refractivity contribution < 1.29 is 28.3 Å². The highest BCUT2D eigenvalue weighted by molar-refractivity contribution is 6.29. The zero-order valence-corrected chi connectivity index (χ0v) is 17.5. The van der Waals surface area contributed by atoms with E-state index >= 15 is 0 Å². The molecule has 4 N–H and O–H groups in total. The van der Waals surface area contributed by atoms with Crippen molar-refractivity contribution >= 4 is 35.4 Å². The molecule has 0 saturated heterocycles. The largest absolute Gasteiger partial charge is 0.445 e. The molecular weight excluding hydrogens is 419 g/mol. The standard InChI is InChI=1S/C19H26ClFN4O5/c1-12(2)10-14(23-19(29)30-11-13-6-4-3-5-7-13)17(27)24-25(9-8-15(22)26)18(28)16(20)21/h3-7,12,14,16H,8-11H2,1-2H3,(H2,22,26)(H,23,29)(H,24,27)/t14-,16?/m0/s1. The summed E-state index contributed by atoms with van der Waals surface area (Å²) in [6.45, 7) is 3.27. The second-order valence-electron chi connectivity index (χ2n) is 6.87. The number of amides is 4. The fourth-order valence-electron chi connectivity index (χ4n) is 2.38. The van der Waals surface area contributed by atoms with E-state index in [0.29, 0.717) is 5.01 Å². The first-order valence-electron chi connectivity index (χ1n) is 9.25. The van der Waals surface area contributed by atoms with Gasteiger partial charge in [0.15, 0.2) is 0 Å². The highest BCUT2D eigenvalue weighted by atomic mass is 35.5. The van der Waals surface area contributed by atoms with E-state index < -0.39 is 35.5 Å². The summed E-state index contributed by atoms with van der Waals surface area (Å²) >= 11 is 5.15. The molecule has 0 heterocycles. The SMILES string of the molecule is CC(C)C[C@H](NC(=O)OCc1ccccc1)C(=O)NN(CCC(N)=O)C(=O)C(F)Cl. The van der Waals surface area contributed by atoms with Crippen LogP contribution in [0.2, 0.25) is 0 Å². The fourth-order valence-corrected chi connectivity index (χ4v) is 2.50. The third-order valence-electron chi connectivity index (χ3n) is 3.81. The van der Waals surface area contributed by atoms with Gasteiger partial charge in [0.1, 0.15) is 12.6 Å². The van der Waals surface area contributed by atoms with E-state index in [9.17, 15) is 23.6 Å². The fraction of sp³-hybridized carbons (Fsp3) is 0.474. The number of nitrogens with two attached hydrogens (primary N) is 1. The summed E-state index contributed by atoms with van der Waals surface area (Å²) in [4.78, 5) is 47.6. The minimum absolute atomic E-state index is 0.00168. The Bertz CT molecular complexity index is 733. The molecule has 0 fully saturated rings. The Morgan fingerprint density at radius 2 is 1.83 bits per heavy atom. The molecule has 1 aromatic rings. The van der Waals surface area contributed by atoms with Gasteiger partial charge in [0.2, 0.25) is 5.91 Å². The number of alkyl halides is 2. The van der Waals surface area contributed by atoms with E-state index in [0.717, 1.165) is 5.56 Å². The molecule has 0 radical (unpaired) electrons. The molecule has 0 aromatic heterocycles. The second-order valence-corrected chi connectivity index (χ2v) is 7.25. The maximum absolute atomic E-state index is 13.2. The summed E-state index contributed by atoms with van der Waals surface area (Å²) in [5.74, 6) is -2.82. The number of carbonyl (C=O) groups excluding carboxylic acids is 4. The minimum atomic E-state index is -2.43. The maximum atomic E-state index is 13.2. The van der Waals surface area contributed by atoms with Crippen molar-refractivity contribution in [1.82, 2.24) is 15.8 Å². The lowest BCUT2D eigenvalue weighted by molar-refractivity contribution is -0.144. The highest BCUT2D eigenvalue weighted by Gasteiger charge is 2.28. The Labute approximate surface area is 179 Å². The summed E-state index contributed by atoms with van der Waals surface area (Å²) in [6.07, 6.45) is -0.948. The van der Waals surface area contributed by atoms with Gasteiger partial charge in [-0.1, -0.05) is 55.8 Å². The second kappa shape index (κ2) is 12.6. The van der Waals surface area contributed by atoms with Gasteiger partial charge >= 0.3 is 6.09 Å². The van der Waals surface area contributed by atoms with Gasteiger partial charge in [0.05, 0.1) is 6.54 Å². The molecular formula is C19H26ClFN4O5. The first-order chi connectivity index (χ1) is 14.1. The monoisotopic (exact) mass is 444 g/mol. The van der Waals surface area contributed by atoms with Crippen LogP contribution in [0.1, 0.15) is 32.3 Å². The van der Waals surface area contributed by atoms with Crippen LogP contribution in [0.5, 0.6) is 0 Å². The van der Waals surface area contributed by atoms with E-state index in [2.05, 4.69) is 10.7 Å². The normalized spacial score (nSPS) is 12.6. The van der Waals surface area contributed by atoms with Crippen molar-refractivity contribution in [2.24, 2.45) is 11.7 Å². The molecule has 166 valence electrons. The van der Waals surface area contributed by atoms with Gasteiger partial charge in [-0.3, -0.25) is 19.8 Å². The maximum Gasteiger partial charge on any atom is 0.408 e. The number of alkyl carbamates (subject to hydrolysis) is 1. The summed E-state index contributed by atoms with van der Waals surface area (Å²) in [5.41, 5.74) is 5.55. The number of rotatable bonds is 10.